The van der Waals surface area contributed by atoms with Crippen molar-refractivity contribution in [3.05, 3.63) is 30.6 Å². The summed E-state index contributed by atoms with van der Waals surface area (Å²) in [5.41, 5.74) is 8.11. The minimum absolute atomic E-state index is 0.110. The number of aromatic nitrogens is 1. The molecule has 1 aromatic heterocycles. The zero-order valence-corrected chi connectivity index (χ0v) is 11.6. The van der Waals surface area contributed by atoms with Crippen LogP contribution in [0.25, 0.3) is 10.8 Å². The van der Waals surface area contributed by atoms with E-state index in [2.05, 4.69) is 43.8 Å². The fraction of sp³-hybridized carbons (Fsp3) is 0.400. The van der Waals surface area contributed by atoms with E-state index in [0.29, 0.717) is 0 Å². The maximum atomic E-state index is 6.02. The standard InChI is InChI=1S/C15H21N3/c1-5-15(2,3)18(4)14-7-6-13(16)11-8-9-17-10-12(11)14/h6-10H,5,16H2,1-4H3. The van der Waals surface area contributed by atoms with Crippen molar-refractivity contribution in [1.82, 2.24) is 4.98 Å². The normalized spacial score (nSPS) is 11.8. The molecule has 2 aromatic rings. The van der Waals surface area contributed by atoms with Crippen molar-refractivity contribution in [2.45, 2.75) is 32.7 Å². The summed E-state index contributed by atoms with van der Waals surface area (Å²) < 4.78 is 0. The number of pyridine rings is 1. The van der Waals surface area contributed by atoms with E-state index in [4.69, 9.17) is 5.73 Å². The highest BCUT2D eigenvalue weighted by Crippen LogP contribution is 2.33. The van der Waals surface area contributed by atoms with E-state index in [1.54, 1.807) is 6.20 Å². The smallest absolute Gasteiger partial charge is 0.0464 e. The Morgan fingerprint density at radius 3 is 2.61 bits per heavy atom. The highest BCUT2D eigenvalue weighted by Gasteiger charge is 2.23. The highest BCUT2D eigenvalue weighted by atomic mass is 15.2. The Morgan fingerprint density at radius 2 is 1.94 bits per heavy atom. The first kappa shape index (κ1) is 12.7. The Morgan fingerprint density at radius 1 is 1.22 bits per heavy atom. The van der Waals surface area contributed by atoms with Gasteiger partial charge in [0.05, 0.1) is 0 Å². The summed E-state index contributed by atoms with van der Waals surface area (Å²) in [7, 11) is 2.13. The van der Waals surface area contributed by atoms with E-state index in [1.165, 1.54) is 5.69 Å². The van der Waals surface area contributed by atoms with Gasteiger partial charge >= 0.3 is 0 Å². The molecule has 0 saturated carbocycles. The molecule has 0 radical (unpaired) electrons. The predicted molar refractivity (Wildman–Crippen MR) is 78.9 cm³/mol. The molecule has 0 aliphatic carbocycles. The van der Waals surface area contributed by atoms with Gasteiger partial charge in [0.2, 0.25) is 0 Å². The van der Waals surface area contributed by atoms with Crippen molar-refractivity contribution in [1.29, 1.82) is 0 Å². The molecule has 0 spiro atoms. The summed E-state index contributed by atoms with van der Waals surface area (Å²) in [6.07, 6.45) is 4.76. The van der Waals surface area contributed by atoms with Crippen LogP contribution in [0.5, 0.6) is 0 Å². The molecule has 1 aromatic carbocycles. The van der Waals surface area contributed by atoms with E-state index < -0.39 is 0 Å². The topological polar surface area (TPSA) is 42.1 Å². The van der Waals surface area contributed by atoms with Crippen LogP contribution in [0.1, 0.15) is 27.2 Å². The zero-order valence-electron chi connectivity index (χ0n) is 11.6. The van der Waals surface area contributed by atoms with Crippen molar-refractivity contribution < 1.29 is 0 Å². The van der Waals surface area contributed by atoms with Crippen LogP contribution in [-0.2, 0) is 0 Å². The average Bonchev–Trinajstić information content (AvgIpc) is 2.39. The van der Waals surface area contributed by atoms with Gasteiger partial charge in [0, 0.05) is 47.1 Å². The largest absolute Gasteiger partial charge is 0.398 e. The Balaban J connectivity index is 2.62. The highest BCUT2D eigenvalue weighted by molar-refractivity contribution is 6.00. The van der Waals surface area contributed by atoms with E-state index in [-0.39, 0.29) is 5.54 Å². The molecular formula is C15H21N3. The van der Waals surface area contributed by atoms with Gasteiger partial charge in [0.15, 0.2) is 0 Å². The monoisotopic (exact) mass is 243 g/mol. The fourth-order valence-corrected chi connectivity index (χ4v) is 2.05. The van der Waals surface area contributed by atoms with Gasteiger partial charge in [-0.05, 0) is 38.5 Å². The van der Waals surface area contributed by atoms with E-state index in [1.807, 2.05) is 18.3 Å². The van der Waals surface area contributed by atoms with Crippen LogP contribution in [0, 0.1) is 0 Å². The summed E-state index contributed by atoms with van der Waals surface area (Å²) in [5.74, 6) is 0. The Bertz CT molecular complexity index is 561. The maximum Gasteiger partial charge on any atom is 0.0464 e. The summed E-state index contributed by atoms with van der Waals surface area (Å²) in [5, 5.41) is 2.18. The first-order valence-corrected chi connectivity index (χ1v) is 6.33. The summed E-state index contributed by atoms with van der Waals surface area (Å²) in [6.45, 7) is 6.69. The lowest BCUT2D eigenvalue weighted by atomic mass is 9.97. The van der Waals surface area contributed by atoms with Crippen molar-refractivity contribution in [2.24, 2.45) is 0 Å². The Hall–Kier alpha value is -1.77. The lowest BCUT2D eigenvalue weighted by Gasteiger charge is -2.37. The molecule has 3 heteroatoms. The van der Waals surface area contributed by atoms with Crippen molar-refractivity contribution in [3.8, 4) is 0 Å². The number of hydrogen-bond acceptors (Lipinski definition) is 3. The molecule has 0 saturated heterocycles. The van der Waals surface area contributed by atoms with Gasteiger partial charge in [-0.15, -0.1) is 0 Å². The van der Waals surface area contributed by atoms with Crippen LogP contribution in [0.15, 0.2) is 30.6 Å². The maximum absolute atomic E-state index is 6.02. The van der Waals surface area contributed by atoms with Crippen LogP contribution in [-0.4, -0.2) is 17.6 Å². The quantitative estimate of drug-likeness (QED) is 0.840. The van der Waals surface area contributed by atoms with Crippen LogP contribution >= 0.6 is 0 Å². The number of nitrogens with two attached hydrogens (primary N) is 1. The van der Waals surface area contributed by atoms with Gasteiger partial charge in [-0.2, -0.15) is 0 Å². The Kier molecular flexibility index (Phi) is 3.16. The third kappa shape index (κ3) is 2.01. The third-order valence-electron chi connectivity index (χ3n) is 3.96. The van der Waals surface area contributed by atoms with Crippen LogP contribution < -0.4 is 10.6 Å². The third-order valence-corrected chi connectivity index (χ3v) is 3.96. The summed E-state index contributed by atoms with van der Waals surface area (Å²) in [4.78, 5) is 6.52. The number of nitrogens with zero attached hydrogens (tertiary/aromatic N) is 2. The second kappa shape index (κ2) is 4.48. The first-order chi connectivity index (χ1) is 8.47. The van der Waals surface area contributed by atoms with Gasteiger partial charge in [-0.25, -0.2) is 0 Å². The minimum Gasteiger partial charge on any atom is -0.398 e. The Labute approximate surface area is 109 Å². The minimum atomic E-state index is 0.110. The van der Waals surface area contributed by atoms with Crippen LogP contribution in [0.4, 0.5) is 11.4 Å². The molecule has 96 valence electrons. The number of benzene rings is 1. The van der Waals surface area contributed by atoms with Gasteiger partial charge in [-0.1, -0.05) is 6.92 Å². The second-order valence-corrected chi connectivity index (χ2v) is 5.32. The van der Waals surface area contributed by atoms with Gasteiger partial charge in [-0.3, -0.25) is 4.98 Å². The molecule has 0 unspecified atom stereocenters. The number of nitrogen functional groups attached to an aromatic ring is 1. The van der Waals surface area contributed by atoms with Gasteiger partial charge in [0.25, 0.3) is 0 Å². The summed E-state index contributed by atoms with van der Waals surface area (Å²) >= 11 is 0. The van der Waals surface area contributed by atoms with Crippen molar-refractivity contribution >= 4 is 22.1 Å². The first-order valence-electron chi connectivity index (χ1n) is 6.33. The molecule has 1 heterocycles. The van der Waals surface area contributed by atoms with Gasteiger partial charge in [0.1, 0.15) is 0 Å². The molecule has 0 fully saturated rings. The molecule has 0 aliphatic rings. The molecule has 0 atom stereocenters. The molecule has 3 nitrogen and oxygen atoms in total. The van der Waals surface area contributed by atoms with Gasteiger partial charge < -0.3 is 10.6 Å². The number of fused-ring (bicyclic) bond motifs is 1. The second-order valence-electron chi connectivity index (χ2n) is 5.32. The molecule has 0 bridgehead atoms. The van der Waals surface area contributed by atoms with E-state index >= 15 is 0 Å². The zero-order chi connectivity index (χ0) is 13.3. The number of anilines is 2. The lowest BCUT2D eigenvalue weighted by molar-refractivity contribution is 0.472. The van der Waals surface area contributed by atoms with Crippen molar-refractivity contribution in [3.63, 3.8) is 0 Å². The molecular weight excluding hydrogens is 222 g/mol. The number of hydrogen-bond donors (Lipinski definition) is 1. The number of rotatable bonds is 3. The van der Waals surface area contributed by atoms with E-state index in [0.717, 1.165) is 22.9 Å². The molecule has 2 N–H and O–H groups in total. The predicted octanol–water partition coefficient (Wildman–Crippen LogP) is 3.44. The van der Waals surface area contributed by atoms with E-state index in [9.17, 15) is 0 Å². The van der Waals surface area contributed by atoms with Crippen LogP contribution in [0.2, 0.25) is 0 Å². The van der Waals surface area contributed by atoms with Crippen molar-refractivity contribution in [2.75, 3.05) is 17.7 Å². The van der Waals surface area contributed by atoms with Crippen LogP contribution in [0.3, 0.4) is 0 Å². The molecule has 2 rings (SSSR count). The lowest BCUT2D eigenvalue weighted by Crippen LogP contribution is -2.40. The summed E-state index contributed by atoms with van der Waals surface area (Å²) in [6, 6.07) is 6.03. The molecule has 0 aliphatic heterocycles. The fourth-order valence-electron chi connectivity index (χ4n) is 2.05. The molecule has 0 amide bonds. The SMILES string of the molecule is CCC(C)(C)N(C)c1ccc(N)c2ccncc12. The molecule has 18 heavy (non-hydrogen) atoms. The average molecular weight is 243 g/mol.